The van der Waals surface area contributed by atoms with Crippen molar-refractivity contribution in [3.8, 4) is 11.1 Å². The van der Waals surface area contributed by atoms with Gasteiger partial charge < -0.3 is 14.9 Å². The van der Waals surface area contributed by atoms with E-state index in [0.717, 1.165) is 27.2 Å². The van der Waals surface area contributed by atoms with Crippen LogP contribution in [0, 0.1) is 5.92 Å². The van der Waals surface area contributed by atoms with Crippen LogP contribution in [0.3, 0.4) is 0 Å². The molecule has 4 rings (SSSR count). The van der Waals surface area contributed by atoms with E-state index in [0.29, 0.717) is 0 Å². The van der Waals surface area contributed by atoms with Crippen molar-refractivity contribution in [1.29, 1.82) is 0 Å². The van der Waals surface area contributed by atoms with E-state index in [1.54, 1.807) is 0 Å². The van der Waals surface area contributed by atoms with E-state index in [1.165, 1.54) is 0 Å². The Morgan fingerprint density at radius 2 is 1.50 bits per heavy atom. The summed E-state index contributed by atoms with van der Waals surface area (Å²) in [4.78, 5) is 36.4. The predicted molar refractivity (Wildman–Crippen MR) is 98.9 cm³/mol. The van der Waals surface area contributed by atoms with Crippen LogP contribution in [0.1, 0.15) is 23.5 Å². The molecule has 1 saturated heterocycles. The summed E-state index contributed by atoms with van der Waals surface area (Å²) in [5.41, 5.74) is 4.29. The van der Waals surface area contributed by atoms with Gasteiger partial charge >= 0.3 is 18.0 Å². The third-order valence-corrected chi connectivity index (χ3v) is 5.54. The van der Waals surface area contributed by atoms with E-state index in [-0.39, 0.29) is 25.5 Å². The molecule has 2 aromatic rings. The summed E-state index contributed by atoms with van der Waals surface area (Å²) in [6.07, 6.45) is -0.700. The van der Waals surface area contributed by atoms with Crippen LogP contribution >= 0.6 is 0 Å². The zero-order valence-electron chi connectivity index (χ0n) is 14.9. The van der Waals surface area contributed by atoms with Gasteiger partial charge in [0, 0.05) is 12.5 Å². The zero-order chi connectivity index (χ0) is 19.8. The van der Waals surface area contributed by atoms with Crippen LogP contribution in [0.2, 0.25) is 0 Å². The molecular formula is C21H19NO6. The molecule has 7 nitrogen and oxygen atoms in total. The van der Waals surface area contributed by atoms with Gasteiger partial charge in [0.15, 0.2) is 0 Å². The number of likely N-dealkylation sites (tertiary alicyclic amines) is 1. The number of carbonyl (C=O) groups is 3. The van der Waals surface area contributed by atoms with E-state index >= 15 is 0 Å². The van der Waals surface area contributed by atoms with Crippen LogP contribution in [-0.4, -0.2) is 52.3 Å². The Morgan fingerprint density at radius 3 is 2.04 bits per heavy atom. The third-order valence-electron chi connectivity index (χ3n) is 5.54. The monoisotopic (exact) mass is 381 g/mol. The number of rotatable bonds is 4. The number of fused-ring (bicyclic) bond motifs is 3. The Morgan fingerprint density at radius 1 is 0.929 bits per heavy atom. The highest BCUT2D eigenvalue weighted by Crippen LogP contribution is 2.44. The number of hydrogen-bond acceptors (Lipinski definition) is 4. The molecule has 1 aliphatic heterocycles. The van der Waals surface area contributed by atoms with Gasteiger partial charge in [-0.3, -0.25) is 9.69 Å². The second-order valence-corrected chi connectivity index (χ2v) is 7.01. The number of carboxylic acids is 2. The molecule has 2 aliphatic rings. The van der Waals surface area contributed by atoms with Crippen LogP contribution < -0.4 is 0 Å². The topological polar surface area (TPSA) is 104 Å². The molecule has 28 heavy (non-hydrogen) atoms. The first-order chi connectivity index (χ1) is 13.5. The molecule has 0 saturated carbocycles. The molecule has 0 radical (unpaired) electrons. The third kappa shape index (κ3) is 2.89. The Bertz CT molecular complexity index is 910. The van der Waals surface area contributed by atoms with Crippen molar-refractivity contribution in [2.75, 3.05) is 13.2 Å². The molecule has 2 unspecified atom stereocenters. The lowest BCUT2D eigenvalue weighted by Crippen LogP contribution is -2.45. The van der Waals surface area contributed by atoms with Crippen molar-refractivity contribution in [1.82, 2.24) is 4.90 Å². The molecule has 2 atom stereocenters. The van der Waals surface area contributed by atoms with Gasteiger partial charge in [0.25, 0.3) is 0 Å². The molecule has 1 amide bonds. The van der Waals surface area contributed by atoms with Crippen LogP contribution in [0.5, 0.6) is 0 Å². The van der Waals surface area contributed by atoms with Crippen molar-refractivity contribution in [2.24, 2.45) is 5.92 Å². The van der Waals surface area contributed by atoms with Crippen molar-refractivity contribution < 1.29 is 29.3 Å². The fraction of sp³-hybridized carbons (Fsp3) is 0.286. The first kappa shape index (κ1) is 18.0. The minimum absolute atomic E-state index is 0.0462. The number of nitrogens with zero attached hydrogens (tertiary/aromatic N) is 1. The number of carboxylic acid groups (broad SMARTS) is 2. The molecule has 1 aliphatic carbocycles. The number of benzene rings is 2. The Labute approximate surface area is 161 Å². The maximum absolute atomic E-state index is 12.6. The van der Waals surface area contributed by atoms with Gasteiger partial charge in [-0.25, -0.2) is 9.59 Å². The average molecular weight is 381 g/mol. The lowest BCUT2D eigenvalue weighted by atomic mass is 9.98. The molecule has 0 spiro atoms. The maximum Gasteiger partial charge on any atom is 0.410 e. The van der Waals surface area contributed by atoms with Gasteiger partial charge in [-0.05, 0) is 28.7 Å². The predicted octanol–water partition coefficient (Wildman–Crippen LogP) is 2.80. The number of ether oxygens (including phenoxy) is 1. The summed E-state index contributed by atoms with van der Waals surface area (Å²) in [5, 5.41) is 18.6. The molecular weight excluding hydrogens is 362 g/mol. The molecule has 0 bridgehead atoms. The summed E-state index contributed by atoms with van der Waals surface area (Å²) in [5.74, 6) is -3.82. The van der Waals surface area contributed by atoms with Crippen LogP contribution in [-0.2, 0) is 14.3 Å². The number of amides is 1. The van der Waals surface area contributed by atoms with E-state index in [4.69, 9.17) is 4.74 Å². The summed E-state index contributed by atoms with van der Waals surface area (Å²) in [7, 11) is 0. The molecule has 2 aromatic carbocycles. The minimum Gasteiger partial charge on any atom is -0.481 e. The lowest BCUT2D eigenvalue weighted by Gasteiger charge is -2.23. The van der Waals surface area contributed by atoms with Crippen LogP contribution in [0.25, 0.3) is 11.1 Å². The molecule has 0 aromatic heterocycles. The summed E-state index contributed by atoms with van der Waals surface area (Å²) >= 11 is 0. The second kappa shape index (κ2) is 6.99. The van der Waals surface area contributed by atoms with Gasteiger partial charge in [0.2, 0.25) is 0 Å². The molecule has 7 heteroatoms. The van der Waals surface area contributed by atoms with Crippen molar-refractivity contribution in [3.05, 3.63) is 59.7 Å². The van der Waals surface area contributed by atoms with Crippen LogP contribution in [0.15, 0.2) is 48.5 Å². The molecule has 1 fully saturated rings. The van der Waals surface area contributed by atoms with Crippen LogP contribution in [0.4, 0.5) is 4.79 Å². The maximum atomic E-state index is 12.6. The Kier molecular flexibility index (Phi) is 4.50. The quantitative estimate of drug-likeness (QED) is 0.844. The van der Waals surface area contributed by atoms with Crippen molar-refractivity contribution in [3.63, 3.8) is 0 Å². The smallest absolute Gasteiger partial charge is 0.410 e. The number of aliphatic carboxylic acids is 2. The Balaban J connectivity index is 1.53. The van der Waals surface area contributed by atoms with E-state index in [2.05, 4.69) is 0 Å². The number of hydrogen-bond donors (Lipinski definition) is 2. The molecule has 144 valence electrons. The summed E-state index contributed by atoms with van der Waals surface area (Å²) in [6.45, 7) is 0.109. The van der Waals surface area contributed by atoms with E-state index in [9.17, 15) is 24.6 Å². The van der Waals surface area contributed by atoms with Gasteiger partial charge in [-0.15, -0.1) is 0 Å². The fourth-order valence-corrected chi connectivity index (χ4v) is 4.24. The van der Waals surface area contributed by atoms with Crippen molar-refractivity contribution >= 4 is 18.0 Å². The van der Waals surface area contributed by atoms with E-state index in [1.807, 2.05) is 48.5 Å². The van der Waals surface area contributed by atoms with Gasteiger partial charge in [0.05, 0.1) is 5.92 Å². The zero-order valence-corrected chi connectivity index (χ0v) is 14.9. The SMILES string of the molecule is O=C(O)C1CCN(C(=O)OCC2c3ccccc3-c3ccccc32)C1C(=O)O. The number of carbonyl (C=O) groups excluding carboxylic acids is 1. The standard InChI is InChI=1S/C21H19NO6/c23-19(24)16-9-10-22(18(16)20(25)26)21(27)28-11-17-14-7-3-1-5-12(14)13-6-2-4-8-15(13)17/h1-8,16-18H,9-11H2,(H,23,24)(H,25,26). The largest absolute Gasteiger partial charge is 0.481 e. The lowest BCUT2D eigenvalue weighted by molar-refractivity contribution is -0.151. The highest BCUT2D eigenvalue weighted by Gasteiger charge is 2.46. The normalized spacial score (nSPS) is 20.5. The second-order valence-electron chi connectivity index (χ2n) is 7.01. The van der Waals surface area contributed by atoms with Gasteiger partial charge in [-0.1, -0.05) is 48.5 Å². The summed E-state index contributed by atoms with van der Waals surface area (Å²) < 4.78 is 5.46. The molecule has 2 N–H and O–H groups in total. The first-order valence-electron chi connectivity index (χ1n) is 9.06. The van der Waals surface area contributed by atoms with Gasteiger partial charge in [-0.2, -0.15) is 0 Å². The van der Waals surface area contributed by atoms with Gasteiger partial charge in [0.1, 0.15) is 12.6 Å². The first-order valence-corrected chi connectivity index (χ1v) is 9.06. The minimum atomic E-state index is -1.41. The average Bonchev–Trinajstić information content (AvgIpc) is 3.27. The highest BCUT2D eigenvalue weighted by molar-refractivity contribution is 5.87. The Hall–Kier alpha value is -3.35. The van der Waals surface area contributed by atoms with Crippen molar-refractivity contribution in [2.45, 2.75) is 18.4 Å². The molecule has 1 heterocycles. The fourth-order valence-electron chi connectivity index (χ4n) is 4.24. The highest BCUT2D eigenvalue weighted by atomic mass is 16.6. The van der Waals surface area contributed by atoms with E-state index < -0.39 is 30.0 Å². The summed E-state index contributed by atoms with van der Waals surface area (Å²) in [6, 6.07) is 14.4.